The molecule has 4 aliphatic heterocycles. The lowest BCUT2D eigenvalue weighted by molar-refractivity contribution is -0.132. The highest BCUT2D eigenvalue weighted by Crippen LogP contribution is 2.39. The normalized spacial score (nSPS) is 18.1. The van der Waals surface area contributed by atoms with Crippen LogP contribution in [0.15, 0.2) is 153 Å². The average molecular weight is 1990 g/mol. The highest BCUT2D eigenvalue weighted by molar-refractivity contribution is 7.88. The Labute approximate surface area is 867 Å². The van der Waals surface area contributed by atoms with E-state index in [9.17, 15) is 13.2 Å². The number of nitrogens with zero attached hydrogens (tertiary/aromatic N) is 17. The van der Waals surface area contributed by atoms with Gasteiger partial charge in [0.2, 0.25) is 15.9 Å². The molecule has 786 valence electrons. The average Bonchev–Trinajstić information content (AvgIpc) is 1.06. The lowest BCUT2D eigenvalue weighted by Gasteiger charge is -2.39. The van der Waals surface area contributed by atoms with Crippen LogP contribution in [0.2, 0.25) is 0 Å². The summed E-state index contributed by atoms with van der Waals surface area (Å²) in [6.07, 6.45) is 36.7. The third kappa shape index (κ3) is 37.2. The first kappa shape index (κ1) is 116. The van der Waals surface area contributed by atoms with Crippen LogP contribution in [0, 0.1) is 37.5 Å². The molecule has 25 heteroatoms. The largest absolute Gasteiger partial charge is 0.381 e. The first-order chi connectivity index (χ1) is 67.2. The van der Waals surface area contributed by atoms with Gasteiger partial charge < -0.3 is 35.0 Å². The van der Waals surface area contributed by atoms with Crippen LogP contribution in [0.5, 0.6) is 0 Å². The van der Waals surface area contributed by atoms with Gasteiger partial charge in [0.05, 0.1) is 25.5 Å². The van der Waals surface area contributed by atoms with Crippen molar-refractivity contribution >= 4 is 33.4 Å². The zero-order chi connectivity index (χ0) is 106. The van der Waals surface area contributed by atoms with E-state index in [1.807, 2.05) is 66.3 Å². The van der Waals surface area contributed by atoms with Gasteiger partial charge in [0.25, 0.3) is 0 Å². The zero-order valence-electron chi connectivity index (χ0n) is 94.2. The Balaban J connectivity index is 0.000000169. The molecule has 144 heavy (non-hydrogen) atoms. The van der Waals surface area contributed by atoms with E-state index in [1.165, 1.54) is 142 Å². The molecular weight excluding hydrogens is 1810 g/mol. The fraction of sp³-hybridized carbons (Fsp3) is 0.605. The Bertz CT molecular complexity index is 5670. The van der Waals surface area contributed by atoms with Gasteiger partial charge in [-0.2, -0.15) is 5.10 Å². The van der Waals surface area contributed by atoms with Gasteiger partial charge in [0, 0.05) is 194 Å². The van der Waals surface area contributed by atoms with Crippen molar-refractivity contribution in [3.05, 3.63) is 255 Å². The van der Waals surface area contributed by atoms with Crippen molar-refractivity contribution in [1.29, 1.82) is 0 Å². The Morgan fingerprint density at radius 2 is 0.875 bits per heavy atom. The number of nitrogens with one attached hydrogen (secondary N) is 3. The van der Waals surface area contributed by atoms with E-state index >= 15 is 0 Å². The van der Waals surface area contributed by atoms with Gasteiger partial charge in [-0.25, -0.2) is 42.6 Å². The number of hydrogen-bond donors (Lipinski definition) is 3. The van der Waals surface area contributed by atoms with Gasteiger partial charge in [-0.1, -0.05) is 172 Å². The molecule has 3 saturated carbocycles. The second-order valence-corrected chi connectivity index (χ2v) is 52.3. The number of hydrogen-bond acceptors (Lipinski definition) is 21. The minimum Gasteiger partial charge on any atom is -0.381 e. The zero-order valence-corrected chi connectivity index (χ0v) is 95.0. The van der Waals surface area contributed by atoms with Gasteiger partial charge in [-0.05, 0) is 318 Å². The van der Waals surface area contributed by atoms with Crippen LogP contribution in [-0.4, -0.2) is 209 Å². The monoisotopic (exact) mass is 1990 g/mol. The molecular formula is C119H180N20O4S. The molecule has 0 aromatic carbocycles. The summed E-state index contributed by atoms with van der Waals surface area (Å²) < 4.78 is 29.4. The molecule has 14 heterocycles. The standard InChI is InChI=1S/C18H29N3.C15H23N3O.2C15H25N3.C15H24N2O2S.C15H18N2.C13H17N3.C13H19NO/c1-18(2,3)14-12-16(19-15-8-7-9-15)20-17(13-14)21-10-5-4-6-11-21;1-10-7-16-14(6-13(10)15(3,4)5)17-12-8-18(9-12)11(2)19;2*1-15(2,3)14-9-12(16-10-17-14)6-11-7-13(8-11)18(4)5;1-11-8-16-13(7-14(11)15(2,3)4)6-12-9-17(10-12)20(5,18)19;1-15(2,3)12-7-9-17-14(10-12)11-13-6-4-5-8-16-13;1-13(2,3)10-4-6-14-12(8-10)9-11-5-7-15-16-11;1-13(2,3)11-4-5-14-12(7-11)6-10-8-15-9-10/h12-13,15H,4-11H2,1-3H3,(H,19,20);6-7,12H,8-9H2,1-5H3,(H,16,17);2*9-11,13H,6-8H2,1-5H3;7-8,12H,6,9-10H2,1-5H3;4-10H,11H2,1-3H3;4-8H,9H2,1-3H3,(H,15,16);4-5,7,10H,6,8-9H2,1-3H3. The molecule has 3 aliphatic carbocycles. The third-order valence-electron chi connectivity index (χ3n) is 28.4. The molecule has 1 amide bonds. The summed E-state index contributed by atoms with van der Waals surface area (Å²) in [7, 11) is 5.66. The molecule has 0 atom stereocenters. The molecule has 7 aliphatic rings. The summed E-state index contributed by atoms with van der Waals surface area (Å²) in [4.78, 5) is 69.1. The van der Waals surface area contributed by atoms with Gasteiger partial charge in [0.1, 0.15) is 30.1 Å². The van der Waals surface area contributed by atoms with Crippen LogP contribution in [0.1, 0.15) is 339 Å². The van der Waals surface area contributed by atoms with Crippen LogP contribution in [-0.2, 0) is 101 Å². The maximum absolute atomic E-state index is 11.4. The van der Waals surface area contributed by atoms with Crippen LogP contribution < -0.4 is 15.5 Å². The number of carbonyl (C=O) groups is 1. The van der Waals surface area contributed by atoms with E-state index < -0.39 is 10.0 Å². The number of amides is 1. The Morgan fingerprint density at radius 3 is 1.31 bits per heavy atom. The number of anilines is 3. The molecule has 0 spiro atoms. The molecule has 0 unspecified atom stereocenters. The highest BCUT2D eigenvalue weighted by Gasteiger charge is 2.37. The molecule has 7 fully saturated rings. The number of aromatic nitrogens is 13. The first-order valence-electron chi connectivity index (χ1n) is 53.0. The molecule has 0 radical (unpaired) electrons. The highest BCUT2D eigenvalue weighted by atomic mass is 32.2. The number of H-pyrrole nitrogens is 1. The molecule has 10 aromatic heterocycles. The third-order valence-corrected chi connectivity index (χ3v) is 29.6. The van der Waals surface area contributed by atoms with Crippen molar-refractivity contribution < 1.29 is 17.9 Å². The fourth-order valence-electron chi connectivity index (χ4n) is 18.3. The topological polar surface area (TPSA) is 271 Å². The summed E-state index contributed by atoms with van der Waals surface area (Å²) in [5.41, 5.74) is 22.9. The van der Waals surface area contributed by atoms with Crippen LogP contribution >= 0.6 is 0 Å². The summed E-state index contributed by atoms with van der Waals surface area (Å²) in [6.45, 7) is 66.0. The van der Waals surface area contributed by atoms with Crippen molar-refractivity contribution in [2.75, 3.05) is 102 Å². The number of piperidine rings is 1. The number of likely N-dealkylation sites (tertiary alicyclic amines) is 1. The van der Waals surface area contributed by atoms with Gasteiger partial charge >= 0.3 is 0 Å². The van der Waals surface area contributed by atoms with Crippen molar-refractivity contribution in [2.24, 2.45) is 23.7 Å². The van der Waals surface area contributed by atoms with Crippen molar-refractivity contribution in [2.45, 2.75) is 357 Å². The van der Waals surface area contributed by atoms with Crippen LogP contribution in [0.4, 0.5) is 17.5 Å². The van der Waals surface area contributed by atoms with Crippen molar-refractivity contribution in [1.82, 2.24) is 84.0 Å². The summed E-state index contributed by atoms with van der Waals surface area (Å²) in [5.74, 6) is 5.99. The molecule has 10 aromatic rings. The minimum absolute atomic E-state index is 0.111. The number of aromatic amines is 1. The number of aryl methyl sites for hydroxylation is 2. The van der Waals surface area contributed by atoms with E-state index in [2.05, 4.69) is 366 Å². The maximum atomic E-state index is 11.4. The minimum atomic E-state index is -3.02. The van der Waals surface area contributed by atoms with Crippen molar-refractivity contribution in [3.63, 3.8) is 0 Å². The maximum Gasteiger partial charge on any atom is 0.219 e. The summed E-state index contributed by atoms with van der Waals surface area (Å²) in [5, 5.41) is 13.9. The number of rotatable bonds is 20. The fourth-order valence-corrected chi connectivity index (χ4v) is 19.3. The second-order valence-electron chi connectivity index (χ2n) is 50.3. The lowest BCUT2D eigenvalue weighted by atomic mass is 9.76. The SMILES string of the molecule is CC(=O)N1CC(Nc2cc(C(C)(C)C)c(C)cn2)C1.CC(C)(C)c1cc(NC2CCC2)nc(N2CCCCC2)c1.CC(C)(C)c1ccnc(CC2COC2)c1.CC(C)(C)c1ccnc(Cc2ccccn2)c1.CC(C)(C)c1ccnc(Cc2ccn[nH]2)c1.CN(C)C1CC(Cc2cc(C(C)(C)C)ncn2)C1.CN(C)C1CC(Cc2cc(C(C)(C)C)ncn2)C1.Cc1cnc(CC2CN(S(C)(=O)=O)C2)cc1C(C)(C)C. The molecule has 24 nitrogen and oxygen atoms in total. The smallest absolute Gasteiger partial charge is 0.219 e. The molecule has 3 N–H and O–H groups in total. The predicted molar refractivity (Wildman–Crippen MR) is 593 cm³/mol. The number of sulfonamides is 1. The summed E-state index contributed by atoms with van der Waals surface area (Å²) >= 11 is 0. The quantitative estimate of drug-likeness (QED) is 0.0640. The predicted octanol–water partition coefficient (Wildman–Crippen LogP) is 22.7. The van der Waals surface area contributed by atoms with Gasteiger partial charge in [0.15, 0.2) is 0 Å². The summed E-state index contributed by atoms with van der Waals surface area (Å²) in [6, 6.07) is 36.6. The number of carbonyl (C=O) groups excluding carboxylic acids is 1. The Kier molecular flexibility index (Phi) is 40.8. The Hall–Kier alpha value is -9.92. The number of ether oxygens (including phenoxy) is 1. The van der Waals surface area contributed by atoms with Gasteiger partial charge in [-0.15, -0.1) is 0 Å². The number of pyridine rings is 7. The van der Waals surface area contributed by atoms with E-state index in [-0.39, 0.29) is 49.2 Å². The molecule has 17 rings (SSSR count). The van der Waals surface area contributed by atoms with E-state index in [0.717, 1.165) is 153 Å². The van der Waals surface area contributed by atoms with Crippen molar-refractivity contribution in [3.8, 4) is 0 Å². The van der Waals surface area contributed by atoms with Gasteiger partial charge in [-0.3, -0.25) is 34.8 Å². The lowest BCUT2D eigenvalue weighted by Crippen LogP contribution is -2.56. The van der Waals surface area contributed by atoms with E-state index in [1.54, 1.807) is 25.8 Å². The molecule has 0 bridgehead atoms. The van der Waals surface area contributed by atoms with E-state index in [0.29, 0.717) is 37.0 Å². The second kappa shape index (κ2) is 50.7. The van der Waals surface area contributed by atoms with E-state index in [4.69, 9.17) is 9.72 Å². The molecule has 4 saturated heterocycles. The van der Waals surface area contributed by atoms with Crippen LogP contribution in [0.3, 0.4) is 0 Å². The first-order valence-corrected chi connectivity index (χ1v) is 54.8. The Morgan fingerprint density at radius 1 is 0.424 bits per heavy atom. The van der Waals surface area contributed by atoms with Crippen LogP contribution in [0.25, 0.3) is 0 Å².